The first kappa shape index (κ1) is 7.06. The number of nitrogens with two attached hydrogens (primary N) is 1. The lowest BCUT2D eigenvalue weighted by molar-refractivity contribution is -0.125. The van der Waals surface area contributed by atoms with Gasteiger partial charge in [0.25, 0.3) is 0 Å². The van der Waals surface area contributed by atoms with E-state index in [1.165, 1.54) is 6.42 Å². The maximum atomic E-state index is 11.1. The first-order valence-electron chi connectivity index (χ1n) is 4.08. The molecule has 0 aromatic carbocycles. The maximum absolute atomic E-state index is 11.1. The number of fused-ring (bicyclic) bond motifs is 2. The predicted molar refractivity (Wildman–Crippen MR) is 40.4 cm³/mol. The van der Waals surface area contributed by atoms with Crippen molar-refractivity contribution in [2.45, 2.75) is 31.3 Å². The highest BCUT2D eigenvalue weighted by molar-refractivity contribution is 5.79. The Morgan fingerprint density at radius 1 is 1.55 bits per heavy atom. The van der Waals surface area contributed by atoms with Gasteiger partial charge in [0, 0.05) is 12.1 Å². The zero-order chi connectivity index (χ0) is 7.84. The van der Waals surface area contributed by atoms with Crippen molar-refractivity contribution in [3.8, 4) is 0 Å². The predicted octanol–water partition coefficient (Wildman–Crippen LogP) is -0.883. The number of amides is 1. The molecule has 0 radical (unpaired) electrons. The van der Waals surface area contributed by atoms with E-state index in [0.29, 0.717) is 12.1 Å². The van der Waals surface area contributed by atoms with E-state index in [1.54, 1.807) is 0 Å². The largest absolute Gasteiger partial charge is 0.310 e. The lowest BCUT2D eigenvalue weighted by Crippen LogP contribution is -2.40. The Labute approximate surface area is 65.5 Å². The Bertz CT molecular complexity index is 183. The molecule has 2 heterocycles. The molecule has 2 fully saturated rings. The summed E-state index contributed by atoms with van der Waals surface area (Å²) in [6.07, 6.45) is 3.31. The van der Waals surface area contributed by atoms with Crippen molar-refractivity contribution in [3.05, 3.63) is 0 Å². The highest BCUT2D eigenvalue weighted by Gasteiger charge is 2.42. The molecule has 11 heavy (non-hydrogen) atoms. The van der Waals surface area contributed by atoms with Crippen LogP contribution in [0.2, 0.25) is 0 Å². The summed E-state index contributed by atoms with van der Waals surface area (Å²) >= 11 is 0. The van der Waals surface area contributed by atoms with E-state index in [4.69, 9.17) is 5.84 Å². The Balaban J connectivity index is 2.02. The standard InChI is InChI=1S/C7H13N3O/c8-10-7(11)5-3-4-1-2-6(5)9-4/h4-6,9H,1-3,8H2,(H,10,11). The Kier molecular flexibility index (Phi) is 1.58. The van der Waals surface area contributed by atoms with Crippen LogP contribution in [0.3, 0.4) is 0 Å². The number of hydrogen-bond acceptors (Lipinski definition) is 3. The number of carbonyl (C=O) groups is 1. The average molecular weight is 155 g/mol. The van der Waals surface area contributed by atoms with Gasteiger partial charge in [0.15, 0.2) is 0 Å². The summed E-state index contributed by atoms with van der Waals surface area (Å²) in [5.74, 6) is 5.17. The fraction of sp³-hybridized carbons (Fsp3) is 0.857. The molecule has 4 nitrogen and oxygen atoms in total. The van der Waals surface area contributed by atoms with Crippen LogP contribution >= 0.6 is 0 Å². The van der Waals surface area contributed by atoms with Crippen LogP contribution in [0.15, 0.2) is 0 Å². The molecule has 3 unspecified atom stereocenters. The van der Waals surface area contributed by atoms with E-state index >= 15 is 0 Å². The van der Waals surface area contributed by atoms with Crippen LogP contribution in [0, 0.1) is 5.92 Å². The van der Waals surface area contributed by atoms with Crippen LogP contribution in [0.5, 0.6) is 0 Å². The van der Waals surface area contributed by atoms with Gasteiger partial charge < -0.3 is 5.32 Å². The monoisotopic (exact) mass is 155 g/mol. The molecule has 0 saturated carbocycles. The molecule has 4 N–H and O–H groups in total. The molecular weight excluding hydrogens is 142 g/mol. The molecular formula is C7H13N3O. The van der Waals surface area contributed by atoms with Gasteiger partial charge in [0.05, 0.1) is 5.92 Å². The van der Waals surface area contributed by atoms with Gasteiger partial charge in [-0.1, -0.05) is 0 Å². The van der Waals surface area contributed by atoms with Crippen molar-refractivity contribution in [2.75, 3.05) is 0 Å². The Morgan fingerprint density at radius 2 is 2.36 bits per heavy atom. The second-order valence-corrected chi connectivity index (χ2v) is 3.40. The highest BCUT2D eigenvalue weighted by Crippen LogP contribution is 2.32. The molecule has 3 atom stereocenters. The van der Waals surface area contributed by atoms with E-state index in [9.17, 15) is 4.79 Å². The minimum Gasteiger partial charge on any atom is -0.310 e. The van der Waals surface area contributed by atoms with Gasteiger partial charge >= 0.3 is 0 Å². The summed E-state index contributed by atoms with van der Waals surface area (Å²) in [7, 11) is 0. The molecule has 0 aromatic rings. The molecule has 2 aliphatic rings. The molecule has 4 heteroatoms. The van der Waals surface area contributed by atoms with Crippen LogP contribution in [-0.4, -0.2) is 18.0 Å². The first-order valence-corrected chi connectivity index (χ1v) is 4.08. The van der Waals surface area contributed by atoms with Crippen LogP contribution in [0.25, 0.3) is 0 Å². The summed E-state index contributed by atoms with van der Waals surface area (Å²) in [5.41, 5.74) is 2.21. The molecule has 2 rings (SSSR count). The molecule has 2 bridgehead atoms. The van der Waals surface area contributed by atoms with Crippen molar-refractivity contribution < 1.29 is 4.79 Å². The fourth-order valence-corrected chi connectivity index (χ4v) is 2.22. The van der Waals surface area contributed by atoms with Gasteiger partial charge in [-0.2, -0.15) is 0 Å². The zero-order valence-electron chi connectivity index (χ0n) is 6.34. The van der Waals surface area contributed by atoms with Crippen LogP contribution in [0.4, 0.5) is 0 Å². The molecule has 1 amide bonds. The van der Waals surface area contributed by atoms with E-state index in [1.807, 2.05) is 0 Å². The number of rotatable bonds is 1. The number of hydrogen-bond donors (Lipinski definition) is 3. The van der Waals surface area contributed by atoms with E-state index in [-0.39, 0.29) is 11.8 Å². The van der Waals surface area contributed by atoms with Crippen LogP contribution in [0.1, 0.15) is 19.3 Å². The van der Waals surface area contributed by atoms with Gasteiger partial charge in [-0.3, -0.25) is 10.2 Å². The van der Waals surface area contributed by atoms with Gasteiger partial charge in [0.2, 0.25) is 5.91 Å². The van der Waals surface area contributed by atoms with Crippen LogP contribution in [-0.2, 0) is 4.79 Å². The van der Waals surface area contributed by atoms with Gasteiger partial charge in [-0.15, -0.1) is 0 Å². The van der Waals surface area contributed by atoms with Crippen molar-refractivity contribution >= 4 is 5.91 Å². The molecule has 0 aliphatic carbocycles. The zero-order valence-corrected chi connectivity index (χ0v) is 6.34. The lowest BCUT2D eigenvalue weighted by atomic mass is 9.89. The number of nitrogens with one attached hydrogen (secondary N) is 2. The minimum absolute atomic E-state index is 0.00954. The SMILES string of the molecule is NNC(=O)C1CC2CCC1N2. The summed E-state index contributed by atoms with van der Waals surface area (Å²) in [6, 6.07) is 0.964. The van der Waals surface area contributed by atoms with Gasteiger partial charge in [-0.25, -0.2) is 5.84 Å². The summed E-state index contributed by atoms with van der Waals surface area (Å²) < 4.78 is 0. The van der Waals surface area contributed by atoms with E-state index in [0.717, 1.165) is 12.8 Å². The molecule has 62 valence electrons. The van der Waals surface area contributed by atoms with Crippen molar-refractivity contribution in [1.29, 1.82) is 0 Å². The topological polar surface area (TPSA) is 67.1 Å². The third-order valence-corrected chi connectivity index (χ3v) is 2.78. The minimum atomic E-state index is -0.00954. The summed E-state index contributed by atoms with van der Waals surface area (Å²) in [4.78, 5) is 11.1. The third-order valence-electron chi connectivity index (χ3n) is 2.78. The normalized spacial score (nSPS) is 41.0. The molecule has 2 saturated heterocycles. The lowest BCUT2D eigenvalue weighted by Gasteiger charge is -2.17. The second-order valence-electron chi connectivity index (χ2n) is 3.40. The molecule has 0 aromatic heterocycles. The number of hydrazine groups is 1. The van der Waals surface area contributed by atoms with Gasteiger partial charge in [-0.05, 0) is 19.3 Å². The van der Waals surface area contributed by atoms with E-state index in [2.05, 4.69) is 10.7 Å². The first-order chi connectivity index (χ1) is 5.31. The van der Waals surface area contributed by atoms with Crippen LogP contribution < -0.4 is 16.6 Å². The van der Waals surface area contributed by atoms with E-state index < -0.39 is 0 Å². The quantitative estimate of drug-likeness (QED) is 0.261. The highest BCUT2D eigenvalue weighted by atomic mass is 16.2. The molecule has 0 spiro atoms. The summed E-state index contributed by atoms with van der Waals surface area (Å²) in [5, 5.41) is 3.38. The smallest absolute Gasteiger partial charge is 0.238 e. The number of carbonyl (C=O) groups excluding carboxylic acids is 1. The van der Waals surface area contributed by atoms with Crippen molar-refractivity contribution in [1.82, 2.24) is 10.7 Å². The Hall–Kier alpha value is -0.610. The fourth-order valence-electron chi connectivity index (χ4n) is 2.22. The Morgan fingerprint density at radius 3 is 2.82 bits per heavy atom. The maximum Gasteiger partial charge on any atom is 0.238 e. The van der Waals surface area contributed by atoms with Gasteiger partial charge in [0.1, 0.15) is 0 Å². The average Bonchev–Trinajstić information content (AvgIpc) is 2.62. The van der Waals surface area contributed by atoms with Crippen molar-refractivity contribution in [2.24, 2.45) is 11.8 Å². The molecule has 2 aliphatic heterocycles. The third kappa shape index (κ3) is 1.02. The van der Waals surface area contributed by atoms with Crippen molar-refractivity contribution in [3.63, 3.8) is 0 Å². The summed E-state index contributed by atoms with van der Waals surface area (Å²) in [6.45, 7) is 0. The second kappa shape index (κ2) is 2.46.